The molecule has 0 spiro atoms. The molecule has 6 heteroatoms. The monoisotopic (exact) mass is 428 g/mol. The second-order valence-electron chi connectivity index (χ2n) is 7.95. The van der Waals surface area contributed by atoms with Crippen molar-refractivity contribution >= 4 is 11.8 Å². The maximum Gasteiger partial charge on any atom is 0.261 e. The first kappa shape index (κ1) is 24.4. The molecule has 0 fully saturated rings. The predicted molar refractivity (Wildman–Crippen MR) is 120 cm³/mol. The zero-order chi connectivity index (χ0) is 23.0. The topological polar surface area (TPSA) is 58.6 Å². The highest BCUT2D eigenvalue weighted by atomic mass is 19.1. The van der Waals surface area contributed by atoms with Crippen LogP contribution in [-0.2, 0) is 16.1 Å². The van der Waals surface area contributed by atoms with Gasteiger partial charge in [-0.3, -0.25) is 9.59 Å². The van der Waals surface area contributed by atoms with E-state index in [2.05, 4.69) is 5.32 Å². The summed E-state index contributed by atoms with van der Waals surface area (Å²) < 4.78 is 19.1. The van der Waals surface area contributed by atoms with Gasteiger partial charge >= 0.3 is 0 Å². The summed E-state index contributed by atoms with van der Waals surface area (Å²) in [5.74, 6) is -0.201. The molecular weight excluding hydrogens is 395 g/mol. The first-order valence-corrected chi connectivity index (χ1v) is 10.8. The minimum Gasteiger partial charge on any atom is -0.483 e. The van der Waals surface area contributed by atoms with Crippen LogP contribution in [0.25, 0.3) is 0 Å². The number of amides is 2. The molecule has 2 rings (SSSR count). The fourth-order valence-electron chi connectivity index (χ4n) is 3.33. The van der Waals surface area contributed by atoms with Crippen LogP contribution in [0, 0.1) is 19.7 Å². The number of aryl methyl sites for hydroxylation is 2. The smallest absolute Gasteiger partial charge is 0.261 e. The van der Waals surface area contributed by atoms with E-state index in [-0.39, 0.29) is 36.8 Å². The first-order valence-electron chi connectivity index (χ1n) is 10.8. The van der Waals surface area contributed by atoms with Gasteiger partial charge in [0.2, 0.25) is 5.91 Å². The van der Waals surface area contributed by atoms with Crippen molar-refractivity contribution in [2.24, 2.45) is 0 Å². The van der Waals surface area contributed by atoms with Crippen molar-refractivity contribution in [1.29, 1.82) is 0 Å². The number of carbonyl (C=O) groups excluding carboxylic acids is 2. The molecule has 0 heterocycles. The Bertz CT molecular complexity index is 883. The van der Waals surface area contributed by atoms with Crippen molar-refractivity contribution in [2.75, 3.05) is 6.61 Å². The molecular formula is C25H33FN2O3. The van der Waals surface area contributed by atoms with E-state index in [0.717, 1.165) is 23.1 Å². The number of nitrogens with zero attached hydrogens (tertiary/aromatic N) is 1. The highest BCUT2D eigenvalue weighted by Gasteiger charge is 2.29. The molecule has 2 atom stereocenters. The lowest BCUT2D eigenvalue weighted by molar-refractivity contribution is -0.143. The number of rotatable bonds is 10. The Balaban J connectivity index is 2.22. The Hall–Kier alpha value is -2.89. The molecule has 31 heavy (non-hydrogen) atoms. The van der Waals surface area contributed by atoms with Crippen molar-refractivity contribution in [3.8, 4) is 5.75 Å². The molecule has 168 valence electrons. The molecule has 0 aliphatic rings. The molecule has 2 amide bonds. The summed E-state index contributed by atoms with van der Waals surface area (Å²) in [6.07, 6.45) is 1.25. The zero-order valence-electron chi connectivity index (χ0n) is 19.1. The van der Waals surface area contributed by atoms with Gasteiger partial charge in [0.25, 0.3) is 5.91 Å². The molecule has 0 aromatic heterocycles. The Morgan fingerprint density at radius 3 is 2.32 bits per heavy atom. The summed E-state index contributed by atoms with van der Waals surface area (Å²) >= 11 is 0. The molecule has 0 radical (unpaired) electrons. The summed E-state index contributed by atoms with van der Waals surface area (Å²) in [4.78, 5) is 27.6. The highest BCUT2D eigenvalue weighted by molar-refractivity contribution is 5.88. The van der Waals surface area contributed by atoms with Crippen LogP contribution in [0.15, 0.2) is 42.5 Å². The minimum absolute atomic E-state index is 0.00998. The van der Waals surface area contributed by atoms with E-state index in [1.807, 2.05) is 52.8 Å². The third-order valence-electron chi connectivity index (χ3n) is 5.33. The van der Waals surface area contributed by atoms with Gasteiger partial charge in [-0.15, -0.1) is 0 Å². The lowest BCUT2D eigenvalue weighted by Gasteiger charge is -2.31. The second kappa shape index (κ2) is 11.5. The molecule has 0 aliphatic heterocycles. The van der Waals surface area contributed by atoms with Crippen LogP contribution < -0.4 is 10.1 Å². The van der Waals surface area contributed by atoms with Crippen LogP contribution in [0.5, 0.6) is 5.75 Å². The number of benzene rings is 2. The third kappa shape index (κ3) is 7.09. The first-order chi connectivity index (χ1) is 14.7. The largest absolute Gasteiger partial charge is 0.483 e. The van der Waals surface area contributed by atoms with E-state index in [4.69, 9.17) is 4.74 Å². The molecule has 0 saturated heterocycles. The fourth-order valence-corrected chi connectivity index (χ4v) is 3.33. The van der Waals surface area contributed by atoms with Crippen molar-refractivity contribution < 1.29 is 18.7 Å². The number of hydrogen-bond donors (Lipinski definition) is 1. The number of nitrogens with one attached hydrogen (secondary N) is 1. The van der Waals surface area contributed by atoms with E-state index in [1.165, 1.54) is 17.0 Å². The number of carbonyl (C=O) groups is 2. The molecule has 0 aliphatic carbocycles. The summed E-state index contributed by atoms with van der Waals surface area (Å²) in [7, 11) is 0. The number of ether oxygens (including phenoxy) is 1. The van der Waals surface area contributed by atoms with Crippen LogP contribution in [0.3, 0.4) is 0 Å². The summed E-state index contributed by atoms with van der Waals surface area (Å²) in [5.41, 5.74) is 2.80. The molecule has 0 unspecified atom stereocenters. The summed E-state index contributed by atoms with van der Waals surface area (Å²) in [6.45, 7) is 9.73. The van der Waals surface area contributed by atoms with Crippen LogP contribution in [0.4, 0.5) is 4.39 Å². The lowest BCUT2D eigenvalue weighted by Crippen LogP contribution is -2.51. The van der Waals surface area contributed by atoms with Gasteiger partial charge < -0.3 is 15.0 Å². The van der Waals surface area contributed by atoms with Crippen LogP contribution in [0.1, 0.15) is 50.3 Å². The summed E-state index contributed by atoms with van der Waals surface area (Å²) in [5, 5.41) is 2.97. The van der Waals surface area contributed by atoms with E-state index in [1.54, 1.807) is 12.1 Å². The Morgan fingerprint density at radius 1 is 1.06 bits per heavy atom. The summed E-state index contributed by atoms with van der Waals surface area (Å²) in [6, 6.07) is 11.1. The van der Waals surface area contributed by atoms with Crippen molar-refractivity contribution in [1.82, 2.24) is 10.2 Å². The van der Waals surface area contributed by atoms with Crippen LogP contribution in [-0.4, -0.2) is 35.4 Å². The van der Waals surface area contributed by atoms with E-state index < -0.39 is 6.04 Å². The van der Waals surface area contributed by atoms with Crippen LogP contribution in [0.2, 0.25) is 0 Å². The SMILES string of the molecule is CC[C@H](C)NC(=O)[C@H](CC)N(Cc1ccc(F)cc1)C(=O)COc1ccc(C)cc1C. The van der Waals surface area contributed by atoms with Gasteiger partial charge in [-0.25, -0.2) is 4.39 Å². The fraction of sp³-hybridized carbons (Fsp3) is 0.440. The van der Waals surface area contributed by atoms with Crippen LogP contribution >= 0.6 is 0 Å². The van der Waals surface area contributed by atoms with E-state index in [9.17, 15) is 14.0 Å². The van der Waals surface area contributed by atoms with Crippen molar-refractivity contribution in [3.05, 3.63) is 65.0 Å². The van der Waals surface area contributed by atoms with Gasteiger partial charge in [-0.05, 0) is 62.9 Å². The highest BCUT2D eigenvalue weighted by Crippen LogP contribution is 2.20. The van der Waals surface area contributed by atoms with E-state index in [0.29, 0.717) is 12.2 Å². The second-order valence-corrected chi connectivity index (χ2v) is 7.95. The van der Waals surface area contributed by atoms with Gasteiger partial charge in [0.05, 0.1) is 0 Å². The Labute approximate surface area is 184 Å². The molecule has 5 nitrogen and oxygen atoms in total. The molecule has 0 saturated carbocycles. The van der Waals surface area contributed by atoms with E-state index >= 15 is 0 Å². The lowest BCUT2D eigenvalue weighted by atomic mass is 10.1. The van der Waals surface area contributed by atoms with Gasteiger partial charge in [0.1, 0.15) is 17.6 Å². The number of halogens is 1. The van der Waals surface area contributed by atoms with Gasteiger partial charge in [0.15, 0.2) is 6.61 Å². The average Bonchev–Trinajstić information content (AvgIpc) is 2.74. The molecule has 0 bridgehead atoms. The number of hydrogen-bond acceptors (Lipinski definition) is 3. The van der Waals surface area contributed by atoms with Gasteiger partial charge in [0, 0.05) is 12.6 Å². The van der Waals surface area contributed by atoms with Gasteiger partial charge in [-0.2, -0.15) is 0 Å². The Kier molecular flexibility index (Phi) is 9.03. The normalized spacial score (nSPS) is 12.7. The molecule has 2 aromatic rings. The Morgan fingerprint density at radius 2 is 1.74 bits per heavy atom. The average molecular weight is 429 g/mol. The predicted octanol–water partition coefficient (Wildman–Crippen LogP) is 4.54. The maximum absolute atomic E-state index is 13.3. The quantitative estimate of drug-likeness (QED) is 0.604. The molecule has 2 aromatic carbocycles. The zero-order valence-corrected chi connectivity index (χ0v) is 19.1. The van der Waals surface area contributed by atoms with Gasteiger partial charge in [-0.1, -0.05) is 43.7 Å². The standard InChI is InChI=1S/C25H33FN2O3/c1-6-19(5)27-25(30)22(7-2)28(15-20-9-11-21(26)12-10-20)24(29)16-31-23-13-8-17(3)14-18(23)4/h8-14,19,22H,6-7,15-16H2,1-5H3,(H,27,30)/t19-,22-/m0/s1. The third-order valence-corrected chi connectivity index (χ3v) is 5.33. The minimum atomic E-state index is -0.644. The van der Waals surface area contributed by atoms with Crippen molar-refractivity contribution in [3.63, 3.8) is 0 Å². The molecule has 1 N–H and O–H groups in total. The maximum atomic E-state index is 13.3. The van der Waals surface area contributed by atoms with Crippen molar-refractivity contribution in [2.45, 2.75) is 66.1 Å².